The molecule has 0 aromatic carbocycles. The number of nitrogens with one attached hydrogen (secondary N) is 2. The summed E-state index contributed by atoms with van der Waals surface area (Å²) in [4.78, 5) is 17.0. The minimum absolute atomic E-state index is 0.0504. The van der Waals surface area contributed by atoms with Gasteiger partial charge in [0.15, 0.2) is 0 Å². The van der Waals surface area contributed by atoms with Crippen LogP contribution in [0.2, 0.25) is 0 Å². The number of aryl methyl sites for hydroxylation is 2. The highest BCUT2D eigenvalue weighted by molar-refractivity contribution is 5.93. The summed E-state index contributed by atoms with van der Waals surface area (Å²) in [6.45, 7) is 8.74. The summed E-state index contributed by atoms with van der Waals surface area (Å²) in [5, 5.41) is 15.1. The molecule has 2 aromatic heterocycles. The second-order valence-electron chi connectivity index (χ2n) is 6.79. The second kappa shape index (κ2) is 7.35. The summed E-state index contributed by atoms with van der Waals surface area (Å²) >= 11 is 0. The highest BCUT2D eigenvalue weighted by Crippen LogP contribution is 2.17. The molecule has 3 unspecified atom stereocenters. The van der Waals surface area contributed by atoms with Crippen molar-refractivity contribution >= 4 is 11.7 Å². The average molecular weight is 345 g/mol. The van der Waals surface area contributed by atoms with E-state index >= 15 is 0 Å². The van der Waals surface area contributed by atoms with E-state index in [2.05, 4.69) is 39.7 Å². The lowest BCUT2D eigenvalue weighted by molar-refractivity contribution is -0.118. The third-order valence-electron chi connectivity index (χ3n) is 4.77. The molecular formula is C17H27N7O. The Morgan fingerprint density at radius 3 is 3.00 bits per heavy atom. The summed E-state index contributed by atoms with van der Waals surface area (Å²) < 4.78 is 3.80. The molecule has 3 atom stereocenters. The van der Waals surface area contributed by atoms with E-state index in [1.54, 1.807) is 6.20 Å². The Labute approximate surface area is 148 Å². The molecule has 0 spiro atoms. The van der Waals surface area contributed by atoms with Gasteiger partial charge in [-0.3, -0.25) is 4.79 Å². The summed E-state index contributed by atoms with van der Waals surface area (Å²) in [5.74, 6) is 2.53. The number of rotatable bonds is 6. The van der Waals surface area contributed by atoms with Crippen LogP contribution in [0.5, 0.6) is 0 Å². The molecule has 0 radical (unpaired) electrons. The van der Waals surface area contributed by atoms with Crippen LogP contribution in [0.1, 0.15) is 51.3 Å². The van der Waals surface area contributed by atoms with Crippen molar-refractivity contribution in [2.75, 3.05) is 5.32 Å². The molecule has 136 valence electrons. The molecule has 3 rings (SSSR count). The lowest BCUT2D eigenvalue weighted by Crippen LogP contribution is -2.47. The largest absolute Gasteiger partial charge is 0.310 e. The quantitative estimate of drug-likeness (QED) is 0.831. The fraction of sp³-hybridized carbons (Fsp3) is 0.647. The first-order valence-corrected chi connectivity index (χ1v) is 8.98. The number of aromatic nitrogens is 5. The maximum atomic E-state index is 12.5. The van der Waals surface area contributed by atoms with Crippen LogP contribution >= 0.6 is 0 Å². The van der Waals surface area contributed by atoms with Crippen LogP contribution in [0.3, 0.4) is 0 Å². The molecule has 0 bridgehead atoms. The maximum absolute atomic E-state index is 12.5. The molecule has 1 aliphatic heterocycles. The summed E-state index contributed by atoms with van der Waals surface area (Å²) in [5.41, 5.74) is 0. The Kier molecular flexibility index (Phi) is 5.17. The van der Waals surface area contributed by atoms with Crippen LogP contribution in [-0.4, -0.2) is 42.5 Å². The SMILES string of the molecule is CCC(C)n1nccc1NC(=O)C(C)NC1CCc2nc(C)nn2C1. The number of amides is 1. The molecule has 1 aliphatic rings. The van der Waals surface area contributed by atoms with Gasteiger partial charge >= 0.3 is 0 Å². The highest BCUT2D eigenvalue weighted by atomic mass is 16.2. The van der Waals surface area contributed by atoms with Gasteiger partial charge in [-0.05, 0) is 33.6 Å². The Balaban J connectivity index is 1.58. The van der Waals surface area contributed by atoms with Gasteiger partial charge in [0.1, 0.15) is 17.5 Å². The van der Waals surface area contributed by atoms with Gasteiger partial charge in [-0.15, -0.1) is 0 Å². The van der Waals surface area contributed by atoms with Gasteiger partial charge in [0.2, 0.25) is 5.91 Å². The molecule has 0 saturated heterocycles. The van der Waals surface area contributed by atoms with Crippen molar-refractivity contribution in [3.8, 4) is 0 Å². The molecule has 2 aromatic rings. The van der Waals surface area contributed by atoms with E-state index in [1.807, 2.05) is 29.3 Å². The molecule has 0 fully saturated rings. The summed E-state index contributed by atoms with van der Waals surface area (Å²) in [6, 6.07) is 2.01. The van der Waals surface area contributed by atoms with E-state index in [4.69, 9.17) is 0 Å². The number of carbonyl (C=O) groups is 1. The van der Waals surface area contributed by atoms with Crippen LogP contribution < -0.4 is 10.6 Å². The van der Waals surface area contributed by atoms with Crippen molar-refractivity contribution < 1.29 is 4.79 Å². The molecular weight excluding hydrogens is 318 g/mol. The Morgan fingerprint density at radius 2 is 2.24 bits per heavy atom. The molecule has 0 aliphatic carbocycles. The van der Waals surface area contributed by atoms with Crippen LogP contribution in [0, 0.1) is 6.92 Å². The molecule has 8 nitrogen and oxygen atoms in total. The van der Waals surface area contributed by atoms with Crippen molar-refractivity contribution in [1.29, 1.82) is 0 Å². The Bertz CT molecular complexity index is 735. The van der Waals surface area contributed by atoms with Crippen molar-refractivity contribution in [1.82, 2.24) is 29.9 Å². The van der Waals surface area contributed by atoms with Crippen molar-refractivity contribution in [3.05, 3.63) is 23.9 Å². The zero-order valence-corrected chi connectivity index (χ0v) is 15.4. The van der Waals surface area contributed by atoms with Gasteiger partial charge in [0.05, 0.1) is 24.8 Å². The predicted octanol–water partition coefficient (Wildman–Crippen LogP) is 1.69. The number of hydrogen-bond acceptors (Lipinski definition) is 5. The number of nitrogens with zero attached hydrogens (tertiary/aromatic N) is 5. The first-order chi connectivity index (χ1) is 12.0. The Hall–Kier alpha value is -2.22. The average Bonchev–Trinajstić information content (AvgIpc) is 3.19. The van der Waals surface area contributed by atoms with Crippen LogP contribution in [0.25, 0.3) is 0 Å². The van der Waals surface area contributed by atoms with Gasteiger partial charge in [-0.1, -0.05) is 6.92 Å². The molecule has 1 amide bonds. The lowest BCUT2D eigenvalue weighted by atomic mass is 10.1. The zero-order chi connectivity index (χ0) is 18.0. The third kappa shape index (κ3) is 3.89. The van der Waals surface area contributed by atoms with Crippen molar-refractivity contribution in [2.24, 2.45) is 0 Å². The van der Waals surface area contributed by atoms with Crippen LogP contribution in [0.4, 0.5) is 5.82 Å². The van der Waals surface area contributed by atoms with Crippen LogP contribution in [0.15, 0.2) is 12.3 Å². The van der Waals surface area contributed by atoms with E-state index in [-0.39, 0.29) is 24.0 Å². The molecule has 8 heteroatoms. The zero-order valence-electron chi connectivity index (χ0n) is 15.4. The van der Waals surface area contributed by atoms with Crippen LogP contribution in [-0.2, 0) is 17.8 Å². The molecule has 0 saturated carbocycles. The Morgan fingerprint density at radius 1 is 1.44 bits per heavy atom. The van der Waals surface area contributed by atoms with Gasteiger partial charge < -0.3 is 10.6 Å². The standard InChI is InChI=1S/C17H27N7O/c1-5-11(2)24-16(8-9-18-24)21-17(25)12(3)19-14-6-7-15-20-13(4)22-23(15)10-14/h8-9,11-12,14,19H,5-7,10H2,1-4H3,(H,21,25). The summed E-state index contributed by atoms with van der Waals surface area (Å²) in [7, 11) is 0. The fourth-order valence-corrected chi connectivity index (χ4v) is 3.17. The number of hydrogen-bond donors (Lipinski definition) is 2. The maximum Gasteiger partial charge on any atom is 0.242 e. The smallest absolute Gasteiger partial charge is 0.242 e. The van der Waals surface area contributed by atoms with E-state index in [1.165, 1.54) is 0 Å². The monoisotopic (exact) mass is 345 g/mol. The normalized spacial score (nSPS) is 19.3. The lowest BCUT2D eigenvalue weighted by Gasteiger charge is -2.26. The van der Waals surface area contributed by atoms with Gasteiger partial charge in [0, 0.05) is 18.5 Å². The topological polar surface area (TPSA) is 89.7 Å². The van der Waals surface area contributed by atoms with E-state index in [0.29, 0.717) is 0 Å². The number of fused-ring (bicyclic) bond motifs is 1. The number of anilines is 1. The molecule has 2 N–H and O–H groups in total. The predicted molar refractivity (Wildman–Crippen MR) is 95.3 cm³/mol. The van der Waals surface area contributed by atoms with E-state index in [9.17, 15) is 4.79 Å². The highest BCUT2D eigenvalue weighted by Gasteiger charge is 2.24. The van der Waals surface area contributed by atoms with Gasteiger partial charge in [-0.2, -0.15) is 10.2 Å². The van der Waals surface area contributed by atoms with Crippen molar-refractivity contribution in [3.63, 3.8) is 0 Å². The second-order valence-corrected chi connectivity index (χ2v) is 6.79. The van der Waals surface area contributed by atoms with Crippen molar-refractivity contribution in [2.45, 2.75) is 71.6 Å². The third-order valence-corrected chi connectivity index (χ3v) is 4.77. The van der Waals surface area contributed by atoms with E-state index < -0.39 is 0 Å². The van der Waals surface area contributed by atoms with E-state index in [0.717, 1.165) is 43.3 Å². The minimum atomic E-state index is -0.295. The first-order valence-electron chi connectivity index (χ1n) is 8.98. The number of carbonyl (C=O) groups excluding carboxylic acids is 1. The van der Waals surface area contributed by atoms with Gasteiger partial charge in [0.25, 0.3) is 0 Å². The molecule has 25 heavy (non-hydrogen) atoms. The molecule has 3 heterocycles. The fourth-order valence-electron chi connectivity index (χ4n) is 3.17. The van der Waals surface area contributed by atoms with Gasteiger partial charge in [-0.25, -0.2) is 14.3 Å². The summed E-state index contributed by atoms with van der Waals surface area (Å²) in [6.07, 6.45) is 4.52. The minimum Gasteiger partial charge on any atom is -0.310 e. The first kappa shape index (κ1) is 17.6.